The van der Waals surface area contributed by atoms with Crippen LogP contribution in [0.5, 0.6) is 0 Å². The van der Waals surface area contributed by atoms with E-state index in [2.05, 4.69) is 14.9 Å². The molecular formula is C19H24N4O. The van der Waals surface area contributed by atoms with E-state index < -0.39 is 0 Å². The van der Waals surface area contributed by atoms with Crippen molar-refractivity contribution >= 4 is 11.6 Å². The van der Waals surface area contributed by atoms with Gasteiger partial charge in [0.25, 0.3) is 5.91 Å². The molecule has 5 nitrogen and oxygen atoms in total. The predicted molar refractivity (Wildman–Crippen MR) is 95.2 cm³/mol. The topological polar surface area (TPSA) is 49.3 Å². The van der Waals surface area contributed by atoms with Crippen molar-refractivity contribution in [2.75, 3.05) is 31.6 Å². The van der Waals surface area contributed by atoms with E-state index in [1.165, 1.54) is 12.0 Å². The average Bonchev–Trinajstić information content (AvgIpc) is 2.67. The lowest BCUT2D eigenvalue weighted by molar-refractivity contribution is 0.0724. The van der Waals surface area contributed by atoms with E-state index in [1.54, 1.807) is 6.20 Å². The highest BCUT2D eigenvalue weighted by atomic mass is 16.2. The number of carbonyl (C=O) groups excluding carboxylic acids is 1. The Morgan fingerprint density at radius 1 is 1.12 bits per heavy atom. The Morgan fingerprint density at radius 2 is 1.88 bits per heavy atom. The molecule has 3 heterocycles. The zero-order valence-corrected chi connectivity index (χ0v) is 14.2. The molecule has 1 fully saturated rings. The first-order valence-corrected chi connectivity index (χ1v) is 8.58. The number of amides is 1. The number of pyridine rings is 2. The second-order valence-electron chi connectivity index (χ2n) is 6.31. The van der Waals surface area contributed by atoms with Crippen molar-refractivity contribution in [2.24, 2.45) is 0 Å². The molecule has 5 heteroatoms. The van der Waals surface area contributed by atoms with Crippen LogP contribution >= 0.6 is 0 Å². The van der Waals surface area contributed by atoms with Crippen molar-refractivity contribution in [1.29, 1.82) is 0 Å². The van der Waals surface area contributed by atoms with Gasteiger partial charge in [-0.25, -0.2) is 0 Å². The number of likely N-dealkylation sites (N-methyl/N-ethyl adjacent to an activating group) is 1. The smallest absolute Gasteiger partial charge is 0.255 e. The van der Waals surface area contributed by atoms with Gasteiger partial charge in [-0.3, -0.25) is 14.8 Å². The van der Waals surface area contributed by atoms with E-state index in [-0.39, 0.29) is 5.91 Å². The lowest BCUT2D eigenvalue weighted by Gasteiger charge is -2.27. The van der Waals surface area contributed by atoms with E-state index in [0.29, 0.717) is 5.56 Å². The molecule has 0 saturated carbocycles. The summed E-state index contributed by atoms with van der Waals surface area (Å²) in [6.07, 6.45) is 11.5. The van der Waals surface area contributed by atoms with Crippen molar-refractivity contribution in [3.63, 3.8) is 0 Å². The van der Waals surface area contributed by atoms with Crippen LogP contribution in [0.4, 0.5) is 5.69 Å². The SMILES string of the molecule is CN(CCc1ccncc1)c1cncc(C(=O)N2CCCCC2)c1. The summed E-state index contributed by atoms with van der Waals surface area (Å²) in [7, 11) is 2.04. The summed E-state index contributed by atoms with van der Waals surface area (Å²) in [5.74, 6) is 0.103. The van der Waals surface area contributed by atoms with E-state index >= 15 is 0 Å². The van der Waals surface area contributed by atoms with E-state index in [1.807, 2.05) is 48.7 Å². The third-order valence-electron chi connectivity index (χ3n) is 4.54. The van der Waals surface area contributed by atoms with Gasteiger partial charge in [0.05, 0.1) is 17.4 Å². The Balaban J connectivity index is 1.64. The molecule has 0 aromatic carbocycles. The first-order valence-electron chi connectivity index (χ1n) is 8.58. The summed E-state index contributed by atoms with van der Waals surface area (Å²) < 4.78 is 0. The zero-order chi connectivity index (χ0) is 16.8. The normalized spacial score (nSPS) is 14.5. The molecule has 24 heavy (non-hydrogen) atoms. The minimum absolute atomic E-state index is 0.103. The highest BCUT2D eigenvalue weighted by Gasteiger charge is 2.19. The number of nitrogens with zero attached hydrogens (tertiary/aromatic N) is 4. The van der Waals surface area contributed by atoms with E-state index in [0.717, 1.165) is 44.6 Å². The number of rotatable bonds is 5. The van der Waals surface area contributed by atoms with Crippen LogP contribution in [0.2, 0.25) is 0 Å². The first-order chi connectivity index (χ1) is 11.7. The van der Waals surface area contributed by atoms with Crippen molar-refractivity contribution in [1.82, 2.24) is 14.9 Å². The third-order valence-corrected chi connectivity index (χ3v) is 4.54. The Labute approximate surface area is 143 Å². The standard InChI is InChI=1S/C19H24N4O/c1-22(12-7-16-5-8-20-9-6-16)18-13-17(14-21-15-18)19(24)23-10-3-2-4-11-23/h5-6,8-9,13-15H,2-4,7,10-12H2,1H3. The number of carbonyl (C=O) groups is 1. The van der Waals surface area contributed by atoms with Gasteiger partial charge in [-0.15, -0.1) is 0 Å². The largest absolute Gasteiger partial charge is 0.373 e. The van der Waals surface area contributed by atoms with Crippen molar-refractivity contribution in [3.8, 4) is 0 Å². The number of hydrogen-bond donors (Lipinski definition) is 0. The number of piperidine rings is 1. The van der Waals surface area contributed by atoms with Crippen LogP contribution in [0.15, 0.2) is 43.0 Å². The first kappa shape index (κ1) is 16.4. The Kier molecular flexibility index (Phi) is 5.41. The Bertz CT molecular complexity index is 668. The summed E-state index contributed by atoms with van der Waals surface area (Å²) in [4.78, 5) is 25.0. The molecule has 1 aliphatic heterocycles. The third kappa shape index (κ3) is 4.10. The predicted octanol–water partition coefficient (Wildman–Crippen LogP) is 2.78. The number of hydrogen-bond acceptors (Lipinski definition) is 4. The average molecular weight is 324 g/mol. The van der Waals surface area contributed by atoms with Gasteiger partial charge in [0.1, 0.15) is 0 Å². The maximum atomic E-state index is 12.6. The molecule has 1 amide bonds. The highest BCUT2D eigenvalue weighted by molar-refractivity contribution is 5.94. The molecule has 126 valence electrons. The van der Waals surface area contributed by atoms with Crippen molar-refractivity contribution < 1.29 is 4.79 Å². The molecule has 0 bridgehead atoms. The van der Waals surface area contributed by atoms with Crippen LogP contribution in [-0.4, -0.2) is 47.5 Å². The fourth-order valence-corrected chi connectivity index (χ4v) is 3.01. The lowest BCUT2D eigenvalue weighted by atomic mass is 10.1. The summed E-state index contributed by atoms with van der Waals surface area (Å²) in [5.41, 5.74) is 2.92. The van der Waals surface area contributed by atoms with Crippen LogP contribution in [0.1, 0.15) is 35.2 Å². The number of anilines is 1. The second-order valence-corrected chi connectivity index (χ2v) is 6.31. The van der Waals surface area contributed by atoms with Gasteiger partial charge in [-0.05, 0) is 49.4 Å². The zero-order valence-electron chi connectivity index (χ0n) is 14.2. The monoisotopic (exact) mass is 324 g/mol. The number of aromatic nitrogens is 2. The van der Waals surface area contributed by atoms with Gasteiger partial charge >= 0.3 is 0 Å². The van der Waals surface area contributed by atoms with Crippen molar-refractivity contribution in [3.05, 3.63) is 54.1 Å². The molecule has 0 radical (unpaired) electrons. The van der Waals surface area contributed by atoms with Crippen LogP contribution in [0, 0.1) is 0 Å². The van der Waals surface area contributed by atoms with E-state index in [9.17, 15) is 4.79 Å². The van der Waals surface area contributed by atoms with Gasteiger partial charge < -0.3 is 9.80 Å². The lowest BCUT2D eigenvalue weighted by Crippen LogP contribution is -2.35. The van der Waals surface area contributed by atoms with Crippen LogP contribution in [0.25, 0.3) is 0 Å². The minimum Gasteiger partial charge on any atom is -0.373 e. The molecule has 1 saturated heterocycles. The molecule has 2 aromatic rings. The molecular weight excluding hydrogens is 300 g/mol. The fourth-order valence-electron chi connectivity index (χ4n) is 3.01. The molecule has 0 N–H and O–H groups in total. The molecule has 0 aliphatic carbocycles. The summed E-state index contributed by atoms with van der Waals surface area (Å²) >= 11 is 0. The van der Waals surface area contributed by atoms with Gasteiger partial charge in [-0.1, -0.05) is 0 Å². The fraction of sp³-hybridized carbons (Fsp3) is 0.421. The van der Waals surface area contributed by atoms with Gasteiger partial charge in [0.15, 0.2) is 0 Å². The Hall–Kier alpha value is -2.43. The minimum atomic E-state index is 0.103. The summed E-state index contributed by atoms with van der Waals surface area (Å²) in [5, 5.41) is 0. The van der Waals surface area contributed by atoms with Gasteiger partial charge in [0.2, 0.25) is 0 Å². The molecule has 2 aromatic heterocycles. The number of likely N-dealkylation sites (tertiary alicyclic amines) is 1. The maximum absolute atomic E-state index is 12.6. The second kappa shape index (κ2) is 7.90. The molecule has 0 unspecified atom stereocenters. The molecule has 1 aliphatic rings. The summed E-state index contributed by atoms with van der Waals surface area (Å²) in [6.45, 7) is 2.59. The molecule has 0 atom stereocenters. The molecule has 3 rings (SSSR count). The molecule has 0 spiro atoms. The maximum Gasteiger partial charge on any atom is 0.255 e. The van der Waals surface area contributed by atoms with Gasteiger partial charge in [-0.2, -0.15) is 0 Å². The highest BCUT2D eigenvalue weighted by Crippen LogP contribution is 2.17. The van der Waals surface area contributed by atoms with Crippen LogP contribution < -0.4 is 4.90 Å². The van der Waals surface area contributed by atoms with Crippen LogP contribution in [0.3, 0.4) is 0 Å². The Morgan fingerprint density at radius 3 is 2.62 bits per heavy atom. The summed E-state index contributed by atoms with van der Waals surface area (Å²) in [6, 6.07) is 6.02. The van der Waals surface area contributed by atoms with Crippen LogP contribution in [-0.2, 0) is 6.42 Å². The van der Waals surface area contributed by atoms with Crippen molar-refractivity contribution in [2.45, 2.75) is 25.7 Å². The van der Waals surface area contributed by atoms with E-state index in [4.69, 9.17) is 0 Å². The van der Waals surface area contributed by atoms with Gasteiger partial charge in [0, 0.05) is 45.3 Å². The quantitative estimate of drug-likeness (QED) is 0.848.